The summed E-state index contributed by atoms with van der Waals surface area (Å²) in [4.78, 5) is 97.9. The molecule has 64 heavy (non-hydrogen) atoms. The van der Waals surface area contributed by atoms with Crippen LogP contribution in [0, 0.1) is 17.8 Å². The zero-order valence-electron chi connectivity index (χ0n) is 38.4. The number of carbonyl (C=O) groups excluding carboxylic acids is 7. The predicted molar refractivity (Wildman–Crippen MR) is 249 cm³/mol. The number of primary amides is 1. The van der Waals surface area contributed by atoms with Crippen LogP contribution in [-0.4, -0.2) is 103 Å². The van der Waals surface area contributed by atoms with E-state index in [0.29, 0.717) is 38.6 Å². The van der Waals surface area contributed by atoms with Crippen molar-refractivity contribution in [3.8, 4) is 0 Å². The van der Waals surface area contributed by atoms with Gasteiger partial charge in [-0.3, -0.25) is 38.6 Å². The number of unbranched alkanes of at least 4 members (excludes halogenated alkanes) is 1. The second-order valence-corrected chi connectivity index (χ2v) is 16.9. The zero-order chi connectivity index (χ0) is 47.9. The number of aliphatic imine (C=N–C) groups is 1. The summed E-state index contributed by atoms with van der Waals surface area (Å²) in [6.07, 6.45) is 3.29. The minimum absolute atomic E-state index is 0.0405. The molecular weight excluding hydrogens is 821 g/mol. The Bertz CT molecular complexity index is 1880. The van der Waals surface area contributed by atoms with Gasteiger partial charge in [-0.25, -0.2) is 0 Å². The molecule has 0 aromatic heterocycles. The third-order valence-corrected chi connectivity index (χ3v) is 11.2. The van der Waals surface area contributed by atoms with E-state index in [4.69, 9.17) is 28.7 Å². The fourth-order valence-electron chi connectivity index (χ4n) is 7.00. The number of guanidine groups is 1. The lowest BCUT2D eigenvalue weighted by Crippen LogP contribution is -2.60. The van der Waals surface area contributed by atoms with Gasteiger partial charge in [-0.05, 0) is 79.2 Å². The van der Waals surface area contributed by atoms with Gasteiger partial charge < -0.3 is 60.6 Å². The number of amides is 7. The molecule has 19 heteroatoms. The lowest BCUT2D eigenvalue weighted by molar-refractivity contribution is -0.135. The maximum atomic E-state index is 13.9. The minimum atomic E-state index is -1.11. The molecule has 19 nitrogen and oxygen atoms in total. The molecular formula is C45H74N12O7. The molecule has 7 amide bonds. The molecule has 2 aromatic rings. The number of carbonyl (C=O) groups is 7. The van der Waals surface area contributed by atoms with E-state index in [0.717, 1.165) is 16.3 Å². The van der Waals surface area contributed by atoms with Crippen LogP contribution in [0.1, 0.15) is 98.5 Å². The normalized spacial score (nSPS) is 15.0. The smallest absolute Gasteiger partial charge is 0.243 e. The Balaban J connectivity index is 2.17. The average Bonchev–Trinajstić information content (AvgIpc) is 3.26. The minimum Gasteiger partial charge on any atom is -0.370 e. The van der Waals surface area contributed by atoms with Crippen molar-refractivity contribution < 1.29 is 33.6 Å². The largest absolute Gasteiger partial charge is 0.370 e. The molecule has 0 radical (unpaired) electrons. The van der Waals surface area contributed by atoms with Crippen molar-refractivity contribution in [1.82, 2.24) is 31.9 Å². The highest BCUT2D eigenvalue weighted by molar-refractivity contribution is 5.97. The van der Waals surface area contributed by atoms with Crippen LogP contribution in [0.15, 0.2) is 47.5 Å². The first kappa shape index (κ1) is 54.3. The van der Waals surface area contributed by atoms with Gasteiger partial charge in [0, 0.05) is 13.0 Å². The Kier molecular flexibility index (Phi) is 23.8. The number of benzene rings is 2. The molecule has 0 fully saturated rings. The van der Waals surface area contributed by atoms with Gasteiger partial charge >= 0.3 is 0 Å². The number of hydrogen-bond acceptors (Lipinski definition) is 10. The number of rotatable bonds is 29. The highest BCUT2D eigenvalue weighted by atomic mass is 16.2. The number of nitrogens with two attached hydrogens (primary N) is 5. The molecule has 16 N–H and O–H groups in total. The van der Waals surface area contributed by atoms with E-state index in [2.05, 4.69) is 36.9 Å². The highest BCUT2D eigenvalue weighted by Crippen LogP contribution is 2.20. The van der Waals surface area contributed by atoms with Crippen molar-refractivity contribution in [2.24, 2.45) is 51.4 Å². The highest BCUT2D eigenvalue weighted by Gasteiger charge is 2.34. The molecule has 0 aliphatic carbocycles. The van der Waals surface area contributed by atoms with E-state index in [1.54, 1.807) is 13.8 Å². The first-order valence-electron chi connectivity index (χ1n) is 22.4. The van der Waals surface area contributed by atoms with Crippen molar-refractivity contribution in [3.05, 3.63) is 48.0 Å². The van der Waals surface area contributed by atoms with Crippen molar-refractivity contribution in [2.45, 2.75) is 136 Å². The maximum absolute atomic E-state index is 13.9. The van der Waals surface area contributed by atoms with Gasteiger partial charge in [0.05, 0.1) is 12.6 Å². The standard InChI is InChI=1S/C45H74N12O7/c1-7-27(5)37(57-41(61)33(20-11-12-21-46)54-44(64)38(28(6)8-2)56-40(60)32(47)19-14-22-51-45(49)50)43(63)52-25-36(58)53-35(23-26(3)4)42(62)55-34(39(48)59)24-30-17-13-16-29-15-9-10-18-31(29)30/h9-10,13,15-18,26-28,32-35,37-38H,7-8,11-12,14,19-25,46-47H2,1-6H3,(H2,48,59)(H,52,63)(H,53,58)(H,54,64)(H,55,62)(H,56,60)(H,57,61)(H4,49,50,51)/t27-,28-,32-,33-,34-,35-,37-,38-/m0/s1. The van der Waals surface area contributed by atoms with E-state index >= 15 is 0 Å². The van der Waals surface area contributed by atoms with E-state index in [1.807, 2.05) is 70.2 Å². The van der Waals surface area contributed by atoms with E-state index in [-0.39, 0.29) is 50.0 Å². The molecule has 0 unspecified atom stereocenters. The molecule has 0 saturated carbocycles. The van der Waals surface area contributed by atoms with Gasteiger partial charge in [-0.1, -0.05) is 96.8 Å². The third-order valence-electron chi connectivity index (χ3n) is 11.2. The van der Waals surface area contributed by atoms with Gasteiger partial charge in [0.25, 0.3) is 0 Å². The summed E-state index contributed by atoms with van der Waals surface area (Å²) in [5, 5.41) is 18.2. The Morgan fingerprint density at radius 3 is 1.84 bits per heavy atom. The number of nitrogens with one attached hydrogen (secondary N) is 6. The second-order valence-electron chi connectivity index (χ2n) is 16.9. The van der Waals surface area contributed by atoms with Crippen LogP contribution in [0.3, 0.4) is 0 Å². The SMILES string of the molecule is CC[C@H](C)[C@H](NC(=O)[C@H](CCCCN)NC(=O)[C@@H](NC(=O)[C@@H](N)CCCN=C(N)N)[C@@H](C)CC)C(=O)NCC(=O)N[C@@H](CC(C)C)C(=O)N[C@@H](Cc1cccc2ccccc12)C(N)=O. The van der Waals surface area contributed by atoms with Crippen LogP contribution >= 0.6 is 0 Å². The van der Waals surface area contributed by atoms with Gasteiger partial charge in [-0.2, -0.15) is 0 Å². The Morgan fingerprint density at radius 2 is 1.23 bits per heavy atom. The summed E-state index contributed by atoms with van der Waals surface area (Å²) in [5.41, 5.74) is 29.1. The summed E-state index contributed by atoms with van der Waals surface area (Å²) in [5.74, 6) is -5.31. The zero-order valence-corrected chi connectivity index (χ0v) is 38.4. The fourth-order valence-corrected chi connectivity index (χ4v) is 7.00. The van der Waals surface area contributed by atoms with Crippen LogP contribution in [-0.2, 0) is 40.0 Å². The molecule has 0 aliphatic rings. The van der Waals surface area contributed by atoms with Crippen molar-refractivity contribution in [2.75, 3.05) is 19.6 Å². The Hall–Kier alpha value is -5.82. The van der Waals surface area contributed by atoms with Crippen molar-refractivity contribution in [1.29, 1.82) is 0 Å². The molecule has 0 heterocycles. The summed E-state index contributed by atoms with van der Waals surface area (Å²) >= 11 is 0. The molecule has 0 aliphatic heterocycles. The fraction of sp³-hybridized carbons (Fsp3) is 0.600. The summed E-state index contributed by atoms with van der Waals surface area (Å²) in [6.45, 7) is 11.1. The lowest BCUT2D eigenvalue weighted by atomic mass is 9.96. The van der Waals surface area contributed by atoms with Gasteiger partial charge in [0.1, 0.15) is 30.2 Å². The Labute approximate surface area is 377 Å². The first-order valence-corrected chi connectivity index (χ1v) is 22.4. The van der Waals surface area contributed by atoms with E-state index in [1.165, 1.54) is 0 Å². The van der Waals surface area contributed by atoms with Crippen LogP contribution in [0.4, 0.5) is 0 Å². The van der Waals surface area contributed by atoms with Crippen LogP contribution in [0.2, 0.25) is 0 Å². The van der Waals surface area contributed by atoms with Crippen molar-refractivity contribution in [3.63, 3.8) is 0 Å². The second kappa shape index (κ2) is 28.1. The molecule has 0 saturated heterocycles. The number of hydrogen-bond donors (Lipinski definition) is 11. The van der Waals surface area contributed by atoms with E-state index < -0.39 is 90.1 Å². The summed E-state index contributed by atoms with van der Waals surface area (Å²) in [7, 11) is 0. The average molecular weight is 895 g/mol. The van der Waals surface area contributed by atoms with Crippen molar-refractivity contribution >= 4 is 58.1 Å². The number of nitrogens with zero attached hydrogens (tertiary/aromatic N) is 1. The molecule has 2 rings (SSSR count). The lowest BCUT2D eigenvalue weighted by Gasteiger charge is -2.29. The topological polar surface area (TPSA) is 334 Å². The third kappa shape index (κ3) is 18.5. The first-order chi connectivity index (χ1) is 30.3. The van der Waals surface area contributed by atoms with E-state index in [9.17, 15) is 33.6 Å². The summed E-state index contributed by atoms with van der Waals surface area (Å²) in [6, 6.07) is 7.03. The molecule has 356 valence electrons. The maximum Gasteiger partial charge on any atom is 0.243 e. The predicted octanol–water partition coefficient (Wildman–Crippen LogP) is 0.0560. The van der Waals surface area contributed by atoms with Crippen LogP contribution in [0.5, 0.6) is 0 Å². The monoisotopic (exact) mass is 895 g/mol. The summed E-state index contributed by atoms with van der Waals surface area (Å²) < 4.78 is 0. The van der Waals surface area contributed by atoms with Gasteiger partial charge in [0.15, 0.2) is 5.96 Å². The molecule has 0 bridgehead atoms. The van der Waals surface area contributed by atoms with Crippen LogP contribution in [0.25, 0.3) is 10.8 Å². The van der Waals surface area contributed by atoms with Crippen LogP contribution < -0.4 is 60.6 Å². The quantitative estimate of drug-likeness (QED) is 0.0295. The molecule has 0 spiro atoms. The number of fused-ring (bicyclic) bond motifs is 1. The molecule has 8 atom stereocenters. The Morgan fingerprint density at radius 1 is 0.641 bits per heavy atom. The van der Waals surface area contributed by atoms with Gasteiger partial charge in [0.2, 0.25) is 41.4 Å². The molecule has 2 aromatic carbocycles. The van der Waals surface area contributed by atoms with Gasteiger partial charge in [-0.15, -0.1) is 0 Å².